The summed E-state index contributed by atoms with van der Waals surface area (Å²) in [5.41, 5.74) is -0.511. The zero-order valence-corrected chi connectivity index (χ0v) is 11.7. The first-order chi connectivity index (χ1) is 9.88. The van der Waals surface area contributed by atoms with Gasteiger partial charge in [-0.05, 0) is 18.2 Å². The Balaban J connectivity index is 2.45. The number of rotatable bonds is 4. The molecule has 1 aromatic carbocycles. The highest BCUT2D eigenvalue weighted by atomic mass is 35.5. The van der Waals surface area contributed by atoms with Crippen molar-refractivity contribution in [3.05, 3.63) is 57.0 Å². The van der Waals surface area contributed by atoms with Gasteiger partial charge in [-0.1, -0.05) is 23.4 Å². The molecule has 1 aromatic heterocycles. The molecule has 0 spiro atoms. The summed E-state index contributed by atoms with van der Waals surface area (Å²) in [6, 6.07) is 4.26. The first kappa shape index (κ1) is 15.2. The lowest BCUT2D eigenvalue weighted by molar-refractivity contribution is -0.388. The molecule has 0 unspecified atom stereocenters. The van der Waals surface area contributed by atoms with E-state index in [4.69, 9.17) is 16.7 Å². The molecule has 0 saturated heterocycles. The second-order valence-electron chi connectivity index (χ2n) is 3.79. The fourth-order valence-corrected chi connectivity index (χ4v) is 2.50. The van der Waals surface area contributed by atoms with Gasteiger partial charge in [0.05, 0.1) is 20.4 Å². The van der Waals surface area contributed by atoms with Gasteiger partial charge in [-0.2, -0.15) is 0 Å². The van der Waals surface area contributed by atoms with Gasteiger partial charge in [-0.3, -0.25) is 10.1 Å². The normalized spacial score (nSPS) is 10.4. The molecular weight excluding hydrogens is 323 g/mol. The summed E-state index contributed by atoms with van der Waals surface area (Å²) >= 11 is 6.29. The molecule has 0 bridgehead atoms. The van der Waals surface area contributed by atoms with E-state index < -0.39 is 16.7 Å². The van der Waals surface area contributed by atoms with E-state index in [9.17, 15) is 19.3 Å². The van der Waals surface area contributed by atoms with Gasteiger partial charge in [-0.15, -0.1) is 0 Å². The first-order valence-electron chi connectivity index (χ1n) is 5.39. The molecule has 6 nitrogen and oxygen atoms in total. The van der Waals surface area contributed by atoms with Crippen LogP contribution in [0.1, 0.15) is 10.4 Å². The highest BCUT2D eigenvalue weighted by molar-refractivity contribution is 7.99. The zero-order chi connectivity index (χ0) is 15.6. The lowest BCUT2D eigenvalue weighted by Crippen LogP contribution is -1.98. The number of nitrogens with zero attached hydrogens (tertiary/aromatic N) is 2. The van der Waals surface area contributed by atoms with E-state index in [1.165, 1.54) is 6.20 Å². The second-order valence-corrected chi connectivity index (χ2v) is 5.25. The molecule has 0 atom stereocenters. The van der Waals surface area contributed by atoms with E-state index in [1.54, 1.807) is 0 Å². The largest absolute Gasteiger partial charge is 0.478 e. The van der Waals surface area contributed by atoms with Crippen molar-refractivity contribution in [2.45, 2.75) is 9.92 Å². The Morgan fingerprint density at radius 3 is 2.76 bits per heavy atom. The summed E-state index contributed by atoms with van der Waals surface area (Å²) in [6.45, 7) is 0. The third-order valence-corrected chi connectivity index (χ3v) is 3.63. The third-order valence-electron chi connectivity index (χ3n) is 2.38. The highest BCUT2D eigenvalue weighted by Crippen LogP contribution is 2.35. The minimum atomic E-state index is -1.23. The summed E-state index contributed by atoms with van der Waals surface area (Å²) in [6.07, 6.45) is 1.19. The van der Waals surface area contributed by atoms with E-state index in [0.717, 1.165) is 24.3 Å². The number of nitro groups is 1. The Labute approximate surface area is 126 Å². The molecule has 21 heavy (non-hydrogen) atoms. The van der Waals surface area contributed by atoms with Crippen LogP contribution in [0.5, 0.6) is 0 Å². The van der Waals surface area contributed by atoms with Crippen LogP contribution in [0.4, 0.5) is 10.1 Å². The third kappa shape index (κ3) is 3.47. The van der Waals surface area contributed by atoms with Gasteiger partial charge in [0.2, 0.25) is 0 Å². The van der Waals surface area contributed by atoms with Gasteiger partial charge in [0.1, 0.15) is 5.82 Å². The zero-order valence-electron chi connectivity index (χ0n) is 10.1. The van der Waals surface area contributed by atoms with Gasteiger partial charge in [0, 0.05) is 12.3 Å². The van der Waals surface area contributed by atoms with E-state index in [0.29, 0.717) is 11.8 Å². The minimum absolute atomic E-state index is 0.0748. The number of pyridine rings is 1. The van der Waals surface area contributed by atoms with Crippen molar-refractivity contribution in [2.24, 2.45) is 0 Å². The predicted octanol–water partition coefficient (Wildman–Crippen LogP) is 3.63. The number of benzene rings is 1. The van der Waals surface area contributed by atoms with Crippen LogP contribution in [-0.2, 0) is 0 Å². The van der Waals surface area contributed by atoms with E-state index in [2.05, 4.69) is 4.98 Å². The van der Waals surface area contributed by atoms with Crippen LogP contribution >= 0.6 is 23.4 Å². The molecule has 0 fully saturated rings. The van der Waals surface area contributed by atoms with Gasteiger partial charge in [-0.25, -0.2) is 14.2 Å². The van der Waals surface area contributed by atoms with Crippen LogP contribution in [0, 0.1) is 15.9 Å². The molecule has 1 heterocycles. The molecular formula is C12H6ClFN2O4S. The van der Waals surface area contributed by atoms with E-state index in [1.807, 2.05) is 0 Å². The van der Waals surface area contributed by atoms with Crippen LogP contribution in [0.2, 0.25) is 5.02 Å². The van der Waals surface area contributed by atoms with Gasteiger partial charge < -0.3 is 5.11 Å². The van der Waals surface area contributed by atoms with Gasteiger partial charge in [0.15, 0.2) is 5.03 Å². The van der Waals surface area contributed by atoms with Crippen molar-refractivity contribution in [3.8, 4) is 0 Å². The van der Waals surface area contributed by atoms with E-state index in [-0.39, 0.29) is 26.2 Å². The van der Waals surface area contributed by atoms with Gasteiger partial charge in [0.25, 0.3) is 0 Å². The highest BCUT2D eigenvalue weighted by Gasteiger charge is 2.19. The molecule has 1 N–H and O–H groups in total. The molecule has 2 rings (SSSR count). The number of halogens is 2. The van der Waals surface area contributed by atoms with Crippen molar-refractivity contribution in [1.82, 2.24) is 4.98 Å². The molecule has 9 heteroatoms. The minimum Gasteiger partial charge on any atom is -0.478 e. The maximum Gasteiger partial charge on any atom is 0.335 e. The average Bonchev–Trinajstić information content (AvgIpc) is 2.42. The van der Waals surface area contributed by atoms with Crippen LogP contribution in [0.15, 0.2) is 40.4 Å². The predicted molar refractivity (Wildman–Crippen MR) is 73.4 cm³/mol. The number of aromatic nitrogens is 1. The van der Waals surface area contributed by atoms with Crippen molar-refractivity contribution in [2.75, 3.05) is 0 Å². The number of carboxylic acid groups (broad SMARTS) is 1. The number of aromatic carboxylic acids is 1. The second kappa shape index (κ2) is 6.06. The van der Waals surface area contributed by atoms with Gasteiger partial charge >= 0.3 is 11.7 Å². The molecule has 0 aliphatic carbocycles. The number of carbonyl (C=O) groups is 1. The number of carboxylic acids is 1. The van der Waals surface area contributed by atoms with E-state index >= 15 is 0 Å². The summed E-state index contributed by atoms with van der Waals surface area (Å²) in [7, 11) is 0. The molecule has 0 aliphatic heterocycles. The fourth-order valence-electron chi connectivity index (χ4n) is 1.44. The topological polar surface area (TPSA) is 93.3 Å². The monoisotopic (exact) mass is 328 g/mol. The summed E-state index contributed by atoms with van der Waals surface area (Å²) in [5, 5.41) is 19.8. The van der Waals surface area contributed by atoms with Crippen molar-refractivity contribution >= 4 is 35.0 Å². The fraction of sp³-hybridized carbons (Fsp3) is 0. The molecule has 2 aromatic rings. The molecule has 0 saturated carbocycles. The first-order valence-corrected chi connectivity index (χ1v) is 6.58. The van der Waals surface area contributed by atoms with Crippen LogP contribution < -0.4 is 0 Å². The summed E-state index contributed by atoms with van der Waals surface area (Å²) < 4.78 is 13.7. The Bertz CT molecular complexity index is 741. The standard InChI is InChI=1S/C12H6ClFN2O4S/c13-7-4-9(16(19)20)11(15-5-7)21-10-3-6(12(17)18)1-2-8(10)14/h1-5H,(H,17,18). The number of hydrogen-bond acceptors (Lipinski definition) is 5. The molecule has 108 valence electrons. The summed E-state index contributed by atoms with van der Waals surface area (Å²) in [5.74, 6) is -1.92. The van der Waals surface area contributed by atoms with Crippen molar-refractivity contribution in [1.29, 1.82) is 0 Å². The molecule has 0 aliphatic rings. The van der Waals surface area contributed by atoms with Crippen LogP contribution in [-0.4, -0.2) is 21.0 Å². The lowest BCUT2D eigenvalue weighted by Gasteiger charge is -2.05. The quantitative estimate of drug-likeness (QED) is 0.680. The van der Waals surface area contributed by atoms with Crippen LogP contribution in [0.25, 0.3) is 0 Å². The molecule has 0 amide bonds. The van der Waals surface area contributed by atoms with Crippen molar-refractivity contribution < 1.29 is 19.2 Å². The average molecular weight is 329 g/mol. The Kier molecular flexibility index (Phi) is 4.39. The Hall–Kier alpha value is -2.19. The van der Waals surface area contributed by atoms with Crippen molar-refractivity contribution in [3.63, 3.8) is 0 Å². The molecule has 0 radical (unpaired) electrons. The number of hydrogen-bond donors (Lipinski definition) is 1. The van der Waals surface area contributed by atoms with Crippen LogP contribution in [0.3, 0.4) is 0 Å². The summed E-state index contributed by atoms with van der Waals surface area (Å²) in [4.78, 5) is 24.8. The SMILES string of the molecule is O=C(O)c1ccc(F)c(Sc2ncc(Cl)cc2[N+](=O)[O-])c1. The Morgan fingerprint density at radius 1 is 1.43 bits per heavy atom. The maximum atomic E-state index is 13.7. The smallest absolute Gasteiger partial charge is 0.335 e. The maximum absolute atomic E-state index is 13.7. The Morgan fingerprint density at radius 2 is 2.14 bits per heavy atom. The lowest BCUT2D eigenvalue weighted by atomic mass is 10.2.